The Kier molecular flexibility index (Phi) is 1.86. The molecule has 0 saturated heterocycles. The molecule has 0 aliphatic heterocycles. The predicted octanol–water partition coefficient (Wildman–Crippen LogP) is 2.65. The van der Waals surface area contributed by atoms with Gasteiger partial charge in [0.05, 0.1) is 5.69 Å². The molecule has 2 nitrogen and oxygen atoms in total. The molecule has 1 aromatic rings. The molecule has 13 heavy (non-hydrogen) atoms. The van der Waals surface area contributed by atoms with Crippen LogP contribution < -0.4 is 0 Å². The van der Waals surface area contributed by atoms with Crippen molar-refractivity contribution in [3.8, 4) is 0 Å². The summed E-state index contributed by atoms with van der Waals surface area (Å²) in [5.41, 5.74) is 2.80. The molecule has 1 fully saturated rings. The third-order valence-electron chi connectivity index (χ3n) is 2.52. The summed E-state index contributed by atoms with van der Waals surface area (Å²) < 4.78 is 0. The molecule has 0 radical (unpaired) electrons. The summed E-state index contributed by atoms with van der Waals surface area (Å²) in [5, 5.41) is 8.23. The van der Waals surface area contributed by atoms with E-state index in [4.69, 9.17) is 0 Å². The van der Waals surface area contributed by atoms with E-state index < -0.39 is 0 Å². The van der Waals surface area contributed by atoms with Gasteiger partial charge in [0.2, 0.25) is 0 Å². The van der Waals surface area contributed by atoms with Crippen molar-refractivity contribution in [2.24, 2.45) is 0 Å². The minimum Gasteiger partial charge on any atom is -0.159 e. The quantitative estimate of drug-likeness (QED) is 0.657. The predicted molar refractivity (Wildman–Crippen MR) is 52.7 cm³/mol. The smallest absolute Gasteiger partial charge is 0.0699 e. The molecular formula is C11H16N2. The van der Waals surface area contributed by atoms with E-state index in [1.54, 1.807) is 6.20 Å². The van der Waals surface area contributed by atoms with E-state index in [1.807, 2.05) is 0 Å². The van der Waals surface area contributed by atoms with Crippen LogP contribution in [-0.2, 0) is 5.41 Å². The minimum absolute atomic E-state index is 0.202. The number of aromatic nitrogens is 2. The van der Waals surface area contributed by atoms with E-state index in [1.165, 1.54) is 24.1 Å². The highest BCUT2D eigenvalue weighted by atomic mass is 15.1. The van der Waals surface area contributed by atoms with Crippen molar-refractivity contribution in [2.45, 2.75) is 44.9 Å². The van der Waals surface area contributed by atoms with Crippen molar-refractivity contribution >= 4 is 0 Å². The topological polar surface area (TPSA) is 25.8 Å². The van der Waals surface area contributed by atoms with Crippen LogP contribution >= 0.6 is 0 Å². The van der Waals surface area contributed by atoms with Gasteiger partial charge in [-0.05, 0) is 29.9 Å². The van der Waals surface area contributed by atoms with Crippen LogP contribution in [0.2, 0.25) is 0 Å². The lowest BCUT2D eigenvalue weighted by molar-refractivity contribution is 0.573. The average molecular weight is 176 g/mol. The summed E-state index contributed by atoms with van der Waals surface area (Å²) in [7, 11) is 0. The molecule has 1 aliphatic carbocycles. The van der Waals surface area contributed by atoms with Crippen LogP contribution in [0.1, 0.15) is 50.8 Å². The van der Waals surface area contributed by atoms with Crippen molar-refractivity contribution in [3.05, 3.63) is 23.5 Å². The SMILES string of the molecule is CC(C)(C)c1ccnnc1C1CC1. The minimum atomic E-state index is 0.202. The summed E-state index contributed by atoms with van der Waals surface area (Å²) in [5.74, 6) is 0.697. The zero-order valence-corrected chi connectivity index (χ0v) is 8.54. The summed E-state index contributed by atoms with van der Waals surface area (Å²) in [6.45, 7) is 6.70. The summed E-state index contributed by atoms with van der Waals surface area (Å²) in [6.07, 6.45) is 4.38. The first-order valence-electron chi connectivity index (χ1n) is 4.91. The maximum atomic E-state index is 4.26. The molecule has 0 N–H and O–H groups in total. The van der Waals surface area contributed by atoms with E-state index in [0.717, 1.165) is 0 Å². The highest BCUT2D eigenvalue weighted by molar-refractivity contribution is 5.30. The second-order valence-electron chi connectivity index (χ2n) is 4.85. The van der Waals surface area contributed by atoms with Crippen LogP contribution in [0, 0.1) is 0 Å². The van der Waals surface area contributed by atoms with Gasteiger partial charge < -0.3 is 0 Å². The number of hydrogen-bond acceptors (Lipinski definition) is 2. The van der Waals surface area contributed by atoms with Crippen molar-refractivity contribution < 1.29 is 0 Å². The standard InChI is InChI=1S/C11H16N2/c1-11(2,3)9-6-7-12-13-10(9)8-4-5-8/h6-8H,4-5H2,1-3H3. The lowest BCUT2D eigenvalue weighted by Gasteiger charge is -2.21. The van der Waals surface area contributed by atoms with Gasteiger partial charge in [-0.15, -0.1) is 0 Å². The van der Waals surface area contributed by atoms with Gasteiger partial charge in [-0.3, -0.25) is 0 Å². The highest BCUT2D eigenvalue weighted by Gasteiger charge is 2.31. The number of rotatable bonds is 1. The van der Waals surface area contributed by atoms with Gasteiger partial charge in [0.1, 0.15) is 0 Å². The molecule has 70 valence electrons. The molecule has 0 unspecified atom stereocenters. The van der Waals surface area contributed by atoms with E-state index >= 15 is 0 Å². The third kappa shape index (κ3) is 1.71. The van der Waals surface area contributed by atoms with Gasteiger partial charge >= 0.3 is 0 Å². The van der Waals surface area contributed by atoms with Gasteiger partial charge in [0.25, 0.3) is 0 Å². The Balaban J connectivity index is 2.43. The molecule has 0 aromatic carbocycles. The first kappa shape index (κ1) is 8.67. The second-order valence-corrected chi connectivity index (χ2v) is 4.85. The maximum absolute atomic E-state index is 4.26. The Morgan fingerprint density at radius 1 is 1.31 bits per heavy atom. The van der Waals surface area contributed by atoms with Crippen molar-refractivity contribution in [3.63, 3.8) is 0 Å². The van der Waals surface area contributed by atoms with Gasteiger partial charge in [-0.1, -0.05) is 20.8 Å². The van der Waals surface area contributed by atoms with E-state index in [2.05, 4.69) is 37.0 Å². The monoisotopic (exact) mass is 176 g/mol. The van der Waals surface area contributed by atoms with Gasteiger partial charge in [-0.2, -0.15) is 10.2 Å². The molecule has 2 heteroatoms. The zero-order chi connectivity index (χ0) is 9.47. The van der Waals surface area contributed by atoms with E-state index in [0.29, 0.717) is 5.92 Å². The van der Waals surface area contributed by atoms with Gasteiger partial charge in [0, 0.05) is 12.1 Å². The fourth-order valence-corrected chi connectivity index (χ4v) is 1.64. The second kappa shape index (κ2) is 2.79. The van der Waals surface area contributed by atoms with Gasteiger partial charge in [0.15, 0.2) is 0 Å². The Bertz CT molecular complexity index is 308. The van der Waals surface area contributed by atoms with Crippen molar-refractivity contribution in [1.29, 1.82) is 0 Å². The Labute approximate surface area is 79.4 Å². The van der Waals surface area contributed by atoms with Crippen molar-refractivity contribution in [1.82, 2.24) is 10.2 Å². The molecule has 1 aromatic heterocycles. The number of nitrogens with zero attached hydrogens (tertiary/aromatic N) is 2. The van der Waals surface area contributed by atoms with Crippen LogP contribution in [0.3, 0.4) is 0 Å². The molecular weight excluding hydrogens is 160 g/mol. The van der Waals surface area contributed by atoms with Crippen molar-refractivity contribution in [2.75, 3.05) is 0 Å². The molecule has 0 atom stereocenters. The molecule has 0 bridgehead atoms. The Morgan fingerprint density at radius 2 is 2.00 bits per heavy atom. The normalized spacial score (nSPS) is 17.5. The first-order valence-corrected chi connectivity index (χ1v) is 4.91. The fraction of sp³-hybridized carbons (Fsp3) is 0.636. The maximum Gasteiger partial charge on any atom is 0.0699 e. The Hall–Kier alpha value is -0.920. The molecule has 0 spiro atoms. The van der Waals surface area contributed by atoms with Crippen LogP contribution in [0.25, 0.3) is 0 Å². The highest BCUT2D eigenvalue weighted by Crippen LogP contribution is 2.42. The fourth-order valence-electron chi connectivity index (χ4n) is 1.64. The molecule has 0 amide bonds. The van der Waals surface area contributed by atoms with E-state index in [9.17, 15) is 0 Å². The Morgan fingerprint density at radius 3 is 2.54 bits per heavy atom. The lowest BCUT2D eigenvalue weighted by atomic mass is 9.85. The van der Waals surface area contributed by atoms with E-state index in [-0.39, 0.29) is 5.41 Å². The van der Waals surface area contributed by atoms with Crippen LogP contribution in [0.15, 0.2) is 12.3 Å². The van der Waals surface area contributed by atoms with Crippen LogP contribution in [-0.4, -0.2) is 10.2 Å². The molecule has 1 saturated carbocycles. The third-order valence-corrected chi connectivity index (χ3v) is 2.52. The molecule has 2 rings (SSSR count). The average Bonchev–Trinajstić information content (AvgIpc) is 2.85. The molecule has 1 aliphatic rings. The van der Waals surface area contributed by atoms with Crippen LogP contribution in [0.5, 0.6) is 0 Å². The lowest BCUT2D eigenvalue weighted by Crippen LogP contribution is -2.15. The zero-order valence-electron chi connectivity index (χ0n) is 8.54. The van der Waals surface area contributed by atoms with Crippen LogP contribution in [0.4, 0.5) is 0 Å². The summed E-state index contributed by atoms with van der Waals surface area (Å²) in [6, 6.07) is 2.11. The molecule has 1 heterocycles. The summed E-state index contributed by atoms with van der Waals surface area (Å²) >= 11 is 0. The largest absolute Gasteiger partial charge is 0.159 e. The number of hydrogen-bond donors (Lipinski definition) is 0. The first-order chi connectivity index (χ1) is 6.09. The van der Waals surface area contributed by atoms with Gasteiger partial charge in [-0.25, -0.2) is 0 Å². The summed E-state index contributed by atoms with van der Waals surface area (Å²) in [4.78, 5) is 0.